The lowest BCUT2D eigenvalue weighted by Crippen LogP contribution is -2.23. The predicted molar refractivity (Wildman–Crippen MR) is 96.4 cm³/mol. The highest BCUT2D eigenvalue weighted by Gasteiger charge is 2.11. The van der Waals surface area contributed by atoms with Crippen molar-refractivity contribution in [3.05, 3.63) is 71.2 Å². The Hall–Kier alpha value is -3.36. The second kappa shape index (κ2) is 6.82. The lowest BCUT2D eigenvalue weighted by Gasteiger charge is -2.11. The molecule has 118 valence electrons. The number of allylic oxidation sites excluding steroid dienone is 3. The van der Waals surface area contributed by atoms with Crippen LogP contribution in [-0.2, 0) is 0 Å². The summed E-state index contributed by atoms with van der Waals surface area (Å²) in [5, 5.41) is 9.08. The number of aromatic nitrogens is 1. The summed E-state index contributed by atoms with van der Waals surface area (Å²) in [7, 11) is 0. The van der Waals surface area contributed by atoms with E-state index in [9.17, 15) is 0 Å². The minimum absolute atomic E-state index is 0.139. The van der Waals surface area contributed by atoms with Crippen LogP contribution in [0.3, 0.4) is 0 Å². The monoisotopic (exact) mass is 315 g/mol. The van der Waals surface area contributed by atoms with Crippen LogP contribution in [0.2, 0.25) is 0 Å². The molecule has 1 aliphatic carbocycles. The fraction of sp³-hybridized carbons (Fsp3) is 0.0526. The Bertz CT molecular complexity index is 900. The zero-order valence-electron chi connectivity index (χ0n) is 13.0. The molecule has 0 atom stereocenters. The molecule has 0 aliphatic heterocycles. The van der Waals surface area contributed by atoms with E-state index in [1.165, 1.54) is 0 Å². The van der Waals surface area contributed by atoms with Gasteiger partial charge in [0.1, 0.15) is 6.07 Å². The van der Waals surface area contributed by atoms with Gasteiger partial charge in [0.15, 0.2) is 5.70 Å². The topological polar surface area (TPSA) is 101 Å². The molecule has 0 amide bonds. The van der Waals surface area contributed by atoms with E-state index in [0.29, 0.717) is 5.70 Å². The molecule has 0 bridgehead atoms. The number of nitrogens with one attached hydrogen (secondary N) is 1. The van der Waals surface area contributed by atoms with Crippen molar-refractivity contribution in [1.82, 2.24) is 10.4 Å². The van der Waals surface area contributed by atoms with Crippen molar-refractivity contribution in [3.8, 4) is 17.2 Å². The average Bonchev–Trinajstić information content (AvgIpc) is 2.88. The maximum Gasteiger partial charge on any atom is 0.151 e. The molecule has 0 saturated carbocycles. The molecule has 0 fully saturated rings. The molecule has 5 N–H and O–H groups in total. The third-order valence-corrected chi connectivity index (χ3v) is 3.88. The van der Waals surface area contributed by atoms with Gasteiger partial charge < -0.3 is 11.2 Å². The molecule has 0 spiro atoms. The van der Waals surface area contributed by atoms with Crippen LogP contribution in [0.5, 0.6) is 0 Å². The van der Waals surface area contributed by atoms with Gasteiger partial charge in [0.05, 0.1) is 5.70 Å². The summed E-state index contributed by atoms with van der Waals surface area (Å²) in [5.74, 6) is 5.34. The number of nitriles is 1. The zero-order valence-corrected chi connectivity index (χ0v) is 13.0. The van der Waals surface area contributed by atoms with Crippen LogP contribution in [0, 0.1) is 11.3 Å². The predicted octanol–water partition coefficient (Wildman–Crippen LogP) is 2.79. The highest BCUT2D eigenvalue weighted by Crippen LogP contribution is 2.30. The van der Waals surface area contributed by atoms with Crippen LogP contribution in [0.4, 0.5) is 0 Å². The van der Waals surface area contributed by atoms with Crippen LogP contribution in [-0.4, -0.2) is 4.98 Å². The lowest BCUT2D eigenvalue weighted by molar-refractivity contribution is 0.920. The van der Waals surface area contributed by atoms with Crippen molar-refractivity contribution in [2.45, 2.75) is 6.42 Å². The SMILES string of the molecule is N#C/C(NN)=C(/N)c1cccc(-c2cncc3c2C=CCC=C3)c1. The summed E-state index contributed by atoms with van der Waals surface area (Å²) < 4.78 is 0. The number of hydrogen-bond donors (Lipinski definition) is 3. The molecular formula is C19H17N5. The van der Waals surface area contributed by atoms with Gasteiger partial charge in [-0.25, -0.2) is 5.84 Å². The first kappa shape index (κ1) is 15.5. The largest absolute Gasteiger partial charge is 0.396 e. The Morgan fingerprint density at radius 1 is 1.21 bits per heavy atom. The number of pyridine rings is 1. The summed E-state index contributed by atoms with van der Waals surface area (Å²) in [6, 6.07) is 9.63. The number of fused-ring (bicyclic) bond motifs is 1. The van der Waals surface area contributed by atoms with Crippen molar-refractivity contribution in [2.75, 3.05) is 0 Å². The summed E-state index contributed by atoms with van der Waals surface area (Å²) in [6.45, 7) is 0. The van der Waals surface area contributed by atoms with Crippen molar-refractivity contribution in [1.29, 1.82) is 5.26 Å². The van der Waals surface area contributed by atoms with Gasteiger partial charge in [-0.1, -0.05) is 42.5 Å². The fourth-order valence-electron chi connectivity index (χ4n) is 2.66. The van der Waals surface area contributed by atoms with E-state index in [0.717, 1.165) is 34.2 Å². The van der Waals surface area contributed by atoms with Crippen molar-refractivity contribution in [3.63, 3.8) is 0 Å². The molecule has 0 unspecified atom stereocenters. The summed E-state index contributed by atoms with van der Waals surface area (Å²) >= 11 is 0. The Morgan fingerprint density at radius 3 is 2.83 bits per heavy atom. The van der Waals surface area contributed by atoms with Crippen molar-refractivity contribution in [2.24, 2.45) is 11.6 Å². The van der Waals surface area contributed by atoms with Crippen molar-refractivity contribution < 1.29 is 0 Å². The summed E-state index contributed by atoms with van der Waals surface area (Å²) in [4.78, 5) is 4.34. The number of nitrogens with zero attached hydrogens (tertiary/aromatic N) is 2. The normalized spacial score (nSPS) is 13.5. The Labute approximate surface area is 140 Å². The van der Waals surface area contributed by atoms with Gasteiger partial charge in [-0.3, -0.25) is 4.98 Å². The highest BCUT2D eigenvalue weighted by atomic mass is 15.2. The Morgan fingerprint density at radius 2 is 2.04 bits per heavy atom. The highest BCUT2D eigenvalue weighted by molar-refractivity contribution is 5.82. The third-order valence-electron chi connectivity index (χ3n) is 3.88. The molecule has 5 nitrogen and oxygen atoms in total. The van der Waals surface area contributed by atoms with E-state index >= 15 is 0 Å². The van der Waals surface area contributed by atoms with E-state index in [4.69, 9.17) is 16.8 Å². The second-order valence-electron chi connectivity index (χ2n) is 5.36. The molecule has 2 aromatic rings. The molecule has 5 heteroatoms. The smallest absolute Gasteiger partial charge is 0.151 e. The third kappa shape index (κ3) is 2.91. The van der Waals surface area contributed by atoms with Gasteiger partial charge in [-0.15, -0.1) is 0 Å². The van der Waals surface area contributed by atoms with E-state index in [2.05, 4.69) is 34.7 Å². The number of benzene rings is 1. The maximum atomic E-state index is 9.08. The van der Waals surface area contributed by atoms with Crippen LogP contribution in [0.1, 0.15) is 23.1 Å². The Balaban J connectivity index is 2.14. The van der Waals surface area contributed by atoms with Gasteiger partial charge in [0.25, 0.3) is 0 Å². The average molecular weight is 315 g/mol. The van der Waals surface area contributed by atoms with E-state index in [-0.39, 0.29) is 5.70 Å². The van der Waals surface area contributed by atoms with Crippen LogP contribution in [0.15, 0.2) is 54.5 Å². The number of rotatable bonds is 3. The Kier molecular flexibility index (Phi) is 4.41. The van der Waals surface area contributed by atoms with Gasteiger partial charge in [0, 0.05) is 29.1 Å². The van der Waals surface area contributed by atoms with E-state index in [1.54, 1.807) is 0 Å². The summed E-state index contributed by atoms with van der Waals surface area (Å²) in [5.41, 5.74) is 13.8. The molecule has 0 radical (unpaired) electrons. The minimum Gasteiger partial charge on any atom is -0.396 e. The first-order valence-corrected chi connectivity index (χ1v) is 7.53. The van der Waals surface area contributed by atoms with E-state index < -0.39 is 0 Å². The lowest BCUT2D eigenvalue weighted by atomic mass is 9.96. The maximum absolute atomic E-state index is 9.08. The molecule has 1 aromatic carbocycles. The van der Waals surface area contributed by atoms with Crippen molar-refractivity contribution >= 4 is 17.8 Å². The van der Waals surface area contributed by atoms with Crippen LogP contribution >= 0.6 is 0 Å². The second-order valence-corrected chi connectivity index (χ2v) is 5.36. The molecule has 3 rings (SSSR count). The zero-order chi connectivity index (χ0) is 16.9. The van der Waals surface area contributed by atoms with Gasteiger partial charge in [0.2, 0.25) is 0 Å². The number of hydrogen-bond acceptors (Lipinski definition) is 5. The quantitative estimate of drug-likeness (QED) is 0.459. The molecule has 1 heterocycles. The minimum atomic E-state index is 0.139. The number of nitrogens with two attached hydrogens (primary N) is 2. The van der Waals surface area contributed by atoms with Crippen LogP contribution in [0.25, 0.3) is 29.0 Å². The fourth-order valence-corrected chi connectivity index (χ4v) is 2.66. The molecule has 24 heavy (non-hydrogen) atoms. The molecule has 1 aliphatic rings. The molecular weight excluding hydrogens is 298 g/mol. The van der Waals surface area contributed by atoms with Crippen LogP contribution < -0.4 is 17.0 Å². The number of hydrazine groups is 1. The standard InChI is InChI=1S/C19H17N5/c20-10-18(24-22)19(21)14-7-4-6-13(9-14)17-12-23-11-15-5-2-1-3-8-16(15)17/h2-9,11-12,24H,1,21-22H2/b19-18-. The first-order valence-electron chi connectivity index (χ1n) is 7.53. The van der Waals surface area contributed by atoms with Gasteiger partial charge >= 0.3 is 0 Å². The molecule has 0 saturated heterocycles. The van der Waals surface area contributed by atoms with E-state index in [1.807, 2.05) is 42.7 Å². The first-order chi connectivity index (χ1) is 11.7. The van der Waals surface area contributed by atoms with Gasteiger partial charge in [-0.2, -0.15) is 5.26 Å². The summed E-state index contributed by atoms with van der Waals surface area (Å²) in [6.07, 6.45) is 13.0. The molecule has 1 aromatic heterocycles. The van der Waals surface area contributed by atoms with Gasteiger partial charge in [-0.05, 0) is 23.6 Å².